The van der Waals surface area contributed by atoms with Crippen molar-refractivity contribution in [1.29, 1.82) is 0 Å². The van der Waals surface area contributed by atoms with Gasteiger partial charge < -0.3 is 9.88 Å². The number of aryl methyl sites for hydroxylation is 3. The van der Waals surface area contributed by atoms with Crippen molar-refractivity contribution in [3.8, 4) is 0 Å². The van der Waals surface area contributed by atoms with Crippen LogP contribution in [0.5, 0.6) is 0 Å². The topological polar surface area (TPSA) is 34.4 Å². The van der Waals surface area contributed by atoms with Gasteiger partial charge in [-0.3, -0.25) is 0 Å². The van der Waals surface area contributed by atoms with E-state index in [-0.39, 0.29) is 0 Å². The van der Waals surface area contributed by atoms with Crippen molar-refractivity contribution in [2.45, 2.75) is 72.0 Å². The van der Waals surface area contributed by atoms with E-state index in [1.165, 1.54) is 60.2 Å². The van der Waals surface area contributed by atoms with Gasteiger partial charge in [0.25, 0.3) is 0 Å². The highest BCUT2D eigenvalue weighted by Crippen LogP contribution is 2.18. The molecule has 0 unspecified atom stereocenters. The number of benzene rings is 1. The van der Waals surface area contributed by atoms with Crippen LogP contribution in [0.1, 0.15) is 60.2 Å². The summed E-state index contributed by atoms with van der Waals surface area (Å²) in [7, 11) is 0. The van der Waals surface area contributed by atoms with Crippen molar-refractivity contribution in [3.63, 3.8) is 0 Å². The van der Waals surface area contributed by atoms with E-state index in [0.717, 1.165) is 19.1 Å². The van der Waals surface area contributed by atoms with Crippen molar-refractivity contribution >= 4 is 0 Å². The summed E-state index contributed by atoms with van der Waals surface area (Å²) in [4.78, 5) is 4.61. The molecule has 2 aromatic rings. The third kappa shape index (κ3) is 4.03. The lowest BCUT2D eigenvalue weighted by Crippen LogP contribution is -2.89. The van der Waals surface area contributed by atoms with Gasteiger partial charge in [0.15, 0.2) is 5.82 Å². The molecule has 1 heterocycles. The minimum atomic E-state index is 0.803. The summed E-state index contributed by atoms with van der Waals surface area (Å²) in [5.41, 5.74) is 5.56. The van der Waals surface area contributed by atoms with E-state index in [1.54, 1.807) is 0 Å². The van der Waals surface area contributed by atoms with Gasteiger partial charge in [-0.05, 0) is 63.1 Å². The second kappa shape index (κ2) is 7.31. The third-order valence-electron chi connectivity index (χ3n) is 5.25. The second-order valence-corrected chi connectivity index (χ2v) is 7.19. The van der Waals surface area contributed by atoms with Crippen molar-refractivity contribution in [2.75, 3.05) is 0 Å². The van der Waals surface area contributed by atoms with E-state index in [4.69, 9.17) is 0 Å². The predicted molar refractivity (Wildman–Crippen MR) is 94.5 cm³/mol. The Morgan fingerprint density at radius 2 is 1.78 bits per heavy atom. The Morgan fingerprint density at radius 3 is 2.48 bits per heavy atom. The monoisotopic (exact) mass is 312 g/mol. The number of imidazole rings is 1. The Hall–Kier alpha value is -1.61. The molecule has 2 N–H and O–H groups in total. The molecule has 0 atom stereocenters. The smallest absolute Gasteiger partial charge is 0.164 e. The Morgan fingerprint density at radius 1 is 1.09 bits per heavy atom. The predicted octanol–water partition coefficient (Wildman–Crippen LogP) is 3.25. The summed E-state index contributed by atoms with van der Waals surface area (Å²) >= 11 is 0. The molecule has 1 aliphatic rings. The molecule has 1 saturated carbocycles. The van der Waals surface area contributed by atoms with E-state index in [1.807, 2.05) is 6.20 Å². The molecular weight excluding hydrogens is 282 g/mol. The van der Waals surface area contributed by atoms with Gasteiger partial charge in [-0.1, -0.05) is 24.1 Å². The molecule has 0 amide bonds. The standard InChI is InChI=1S/C20H29N3/c1-15-11-16(2)19(17(3)12-15)14-23-10-9-21-20(23)13-22-18-7-5-4-6-8-18/h9-12,18,22H,4-8,13-14H2,1-3H3/p+1. The number of quaternary nitrogens is 1. The van der Waals surface area contributed by atoms with Crippen LogP contribution in [0.25, 0.3) is 0 Å². The fourth-order valence-electron chi connectivity index (χ4n) is 3.95. The van der Waals surface area contributed by atoms with Crippen molar-refractivity contribution < 1.29 is 5.32 Å². The van der Waals surface area contributed by atoms with Crippen LogP contribution in [0.3, 0.4) is 0 Å². The quantitative estimate of drug-likeness (QED) is 0.903. The molecule has 1 aliphatic carbocycles. The maximum atomic E-state index is 4.61. The average Bonchev–Trinajstić information content (AvgIpc) is 2.97. The first-order valence-electron chi connectivity index (χ1n) is 9.03. The van der Waals surface area contributed by atoms with E-state index in [0.29, 0.717) is 0 Å². The van der Waals surface area contributed by atoms with Crippen LogP contribution in [0.15, 0.2) is 24.5 Å². The van der Waals surface area contributed by atoms with Crippen LogP contribution in [-0.2, 0) is 13.1 Å². The Balaban J connectivity index is 1.69. The SMILES string of the molecule is Cc1cc(C)c(Cn2ccnc2C[NH2+]C2CCCCC2)c(C)c1. The fraction of sp³-hybridized carbons (Fsp3) is 0.550. The molecule has 3 heteroatoms. The van der Waals surface area contributed by atoms with Crippen LogP contribution < -0.4 is 5.32 Å². The molecule has 0 bridgehead atoms. The first kappa shape index (κ1) is 16.3. The van der Waals surface area contributed by atoms with E-state index in [2.05, 4.69) is 54.0 Å². The first-order valence-corrected chi connectivity index (χ1v) is 9.03. The molecule has 3 rings (SSSR count). The molecule has 0 aliphatic heterocycles. The van der Waals surface area contributed by atoms with Gasteiger partial charge in [-0.15, -0.1) is 0 Å². The maximum absolute atomic E-state index is 4.61. The highest BCUT2D eigenvalue weighted by molar-refractivity contribution is 5.37. The minimum absolute atomic E-state index is 0.803. The lowest BCUT2D eigenvalue weighted by atomic mass is 9.95. The van der Waals surface area contributed by atoms with Crippen LogP contribution in [-0.4, -0.2) is 15.6 Å². The Bertz CT molecular complexity index is 628. The highest BCUT2D eigenvalue weighted by Gasteiger charge is 2.17. The van der Waals surface area contributed by atoms with Gasteiger partial charge in [-0.25, -0.2) is 4.98 Å². The summed E-state index contributed by atoms with van der Waals surface area (Å²) in [6.07, 6.45) is 11.0. The Kier molecular flexibility index (Phi) is 5.16. The first-order chi connectivity index (χ1) is 11.1. The summed E-state index contributed by atoms with van der Waals surface area (Å²) in [6, 6.07) is 5.37. The van der Waals surface area contributed by atoms with Crippen LogP contribution in [0.4, 0.5) is 0 Å². The van der Waals surface area contributed by atoms with Crippen LogP contribution in [0.2, 0.25) is 0 Å². The molecule has 1 aromatic carbocycles. The van der Waals surface area contributed by atoms with Gasteiger partial charge in [0.2, 0.25) is 0 Å². The zero-order valence-electron chi connectivity index (χ0n) is 14.8. The van der Waals surface area contributed by atoms with Gasteiger partial charge in [0.1, 0.15) is 6.54 Å². The van der Waals surface area contributed by atoms with Gasteiger partial charge in [0, 0.05) is 18.9 Å². The lowest BCUT2D eigenvalue weighted by Gasteiger charge is -2.20. The maximum Gasteiger partial charge on any atom is 0.164 e. The van der Waals surface area contributed by atoms with Crippen molar-refractivity contribution in [1.82, 2.24) is 9.55 Å². The van der Waals surface area contributed by atoms with E-state index < -0.39 is 0 Å². The molecule has 1 fully saturated rings. The largest absolute Gasteiger partial charge is 0.338 e. The number of nitrogens with zero attached hydrogens (tertiary/aromatic N) is 2. The molecule has 1 aromatic heterocycles. The highest BCUT2D eigenvalue weighted by atomic mass is 15.1. The summed E-state index contributed by atoms with van der Waals surface area (Å²) in [5.74, 6) is 1.20. The zero-order chi connectivity index (χ0) is 16.2. The molecule has 0 spiro atoms. The van der Waals surface area contributed by atoms with Crippen LogP contribution >= 0.6 is 0 Å². The number of hydrogen-bond donors (Lipinski definition) is 1. The lowest BCUT2D eigenvalue weighted by molar-refractivity contribution is -0.707. The van der Waals surface area contributed by atoms with E-state index >= 15 is 0 Å². The summed E-state index contributed by atoms with van der Waals surface area (Å²) in [6.45, 7) is 8.55. The van der Waals surface area contributed by atoms with Crippen molar-refractivity contribution in [2.24, 2.45) is 0 Å². The van der Waals surface area contributed by atoms with Gasteiger partial charge in [-0.2, -0.15) is 0 Å². The molecule has 124 valence electrons. The third-order valence-corrected chi connectivity index (χ3v) is 5.25. The molecular formula is C20H30N3+. The number of hydrogen-bond acceptors (Lipinski definition) is 1. The summed E-state index contributed by atoms with van der Waals surface area (Å²) < 4.78 is 2.32. The number of rotatable bonds is 5. The van der Waals surface area contributed by atoms with Crippen LogP contribution in [0, 0.1) is 20.8 Å². The van der Waals surface area contributed by atoms with Crippen molar-refractivity contribution in [3.05, 3.63) is 52.6 Å². The fourth-order valence-corrected chi connectivity index (χ4v) is 3.95. The molecule has 0 radical (unpaired) electrons. The summed E-state index contributed by atoms with van der Waals surface area (Å²) in [5, 5.41) is 2.51. The second-order valence-electron chi connectivity index (χ2n) is 7.19. The van der Waals surface area contributed by atoms with Gasteiger partial charge in [0.05, 0.1) is 6.04 Å². The normalized spacial score (nSPS) is 16.0. The van der Waals surface area contributed by atoms with Gasteiger partial charge >= 0.3 is 0 Å². The molecule has 23 heavy (non-hydrogen) atoms. The average molecular weight is 312 g/mol. The van der Waals surface area contributed by atoms with E-state index in [9.17, 15) is 0 Å². The number of aromatic nitrogens is 2. The zero-order valence-corrected chi connectivity index (χ0v) is 14.8. The number of nitrogens with two attached hydrogens (primary N) is 1. The minimum Gasteiger partial charge on any atom is -0.338 e. The molecule has 0 saturated heterocycles. The Labute approximate surface area is 140 Å². The molecule has 3 nitrogen and oxygen atoms in total.